The van der Waals surface area contributed by atoms with Crippen molar-refractivity contribution in [3.8, 4) is 0 Å². The minimum absolute atomic E-state index is 0.0716. The summed E-state index contributed by atoms with van der Waals surface area (Å²) in [6.07, 6.45) is 0. The van der Waals surface area contributed by atoms with Gasteiger partial charge >= 0.3 is 0 Å². The molecular weight excluding hydrogens is 240 g/mol. The van der Waals surface area contributed by atoms with E-state index in [1.807, 2.05) is 32.9 Å². The predicted octanol–water partition coefficient (Wildman–Crippen LogP) is 2.10. The van der Waals surface area contributed by atoms with E-state index >= 15 is 0 Å². The van der Waals surface area contributed by atoms with Crippen LogP contribution in [-0.4, -0.2) is 16.1 Å². The van der Waals surface area contributed by atoms with Gasteiger partial charge in [0.1, 0.15) is 11.5 Å². The standard InChI is InChI=1S/C14H18N4O/c1-8-4-5-11(9(2)6-8)10(3)16-14(19)12-7-13(15)18-17-12/h4-7,10H,1-3H3,(H,16,19)(H3,15,17,18). The number of nitrogens with one attached hydrogen (secondary N) is 2. The van der Waals surface area contributed by atoms with Gasteiger partial charge in [-0.2, -0.15) is 5.10 Å². The first-order valence-corrected chi connectivity index (χ1v) is 6.16. The number of nitrogens with two attached hydrogens (primary N) is 1. The lowest BCUT2D eigenvalue weighted by atomic mass is 10.0. The minimum Gasteiger partial charge on any atom is -0.382 e. The Balaban J connectivity index is 2.12. The highest BCUT2D eigenvalue weighted by Crippen LogP contribution is 2.19. The Morgan fingerprint density at radius 2 is 2.11 bits per heavy atom. The molecule has 0 saturated carbocycles. The van der Waals surface area contributed by atoms with Crippen molar-refractivity contribution < 1.29 is 4.79 Å². The molecule has 1 aromatic heterocycles. The van der Waals surface area contributed by atoms with Crippen LogP contribution in [0, 0.1) is 13.8 Å². The number of H-pyrrole nitrogens is 1. The van der Waals surface area contributed by atoms with Crippen molar-refractivity contribution in [3.05, 3.63) is 46.6 Å². The second-order valence-corrected chi connectivity index (χ2v) is 4.76. The molecule has 0 aliphatic rings. The molecule has 2 aromatic rings. The molecule has 1 aromatic carbocycles. The number of anilines is 1. The Bertz CT molecular complexity index is 603. The van der Waals surface area contributed by atoms with E-state index in [9.17, 15) is 4.79 Å². The maximum atomic E-state index is 12.0. The number of aryl methyl sites for hydroxylation is 2. The van der Waals surface area contributed by atoms with Crippen molar-refractivity contribution in [2.24, 2.45) is 0 Å². The normalized spacial score (nSPS) is 12.2. The van der Waals surface area contributed by atoms with Gasteiger partial charge in [0, 0.05) is 6.07 Å². The van der Waals surface area contributed by atoms with Crippen LogP contribution >= 0.6 is 0 Å². The largest absolute Gasteiger partial charge is 0.382 e. The van der Waals surface area contributed by atoms with E-state index in [2.05, 4.69) is 21.6 Å². The summed E-state index contributed by atoms with van der Waals surface area (Å²) >= 11 is 0. The number of nitrogen functional groups attached to an aromatic ring is 1. The summed E-state index contributed by atoms with van der Waals surface area (Å²) in [5, 5.41) is 9.26. The third-order valence-electron chi connectivity index (χ3n) is 3.08. The molecule has 1 atom stereocenters. The van der Waals surface area contributed by atoms with Crippen LogP contribution in [0.25, 0.3) is 0 Å². The Kier molecular flexibility index (Phi) is 3.55. The van der Waals surface area contributed by atoms with E-state index in [-0.39, 0.29) is 11.9 Å². The smallest absolute Gasteiger partial charge is 0.269 e. The van der Waals surface area contributed by atoms with E-state index < -0.39 is 0 Å². The number of hydrogen-bond donors (Lipinski definition) is 3. The van der Waals surface area contributed by atoms with Crippen LogP contribution in [0.4, 0.5) is 5.82 Å². The summed E-state index contributed by atoms with van der Waals surface area (Å²) in [5.41, 5.74) is 9.32. The van der Waals surface area contributed by atoms with E-state index in [1.165, 1.54) is 11.6 Å². The van der Waals surface area contributed by atoms with Crippen molar-refractivity contribution in [2.75, 3.05) is 5.73 Å². The Morgan fingerprint density at radius 3 is 2.68 bits per heavy atom. The second-order valence-electron chi connectivity index (χ2n) is 4.76. The van der Waals surface area contributed by atoms with Gasteiger partial charge in [-0.15, -0.1) is 0 Å². The lowest BCUT2D eigenvalue weighted by Gasteiger charge is -2.16. The third kappa shape index (κ3) is 2.93. The van der Waals surface area contributed by atoms with Gasteiger partial charge in [-0.3, -0.25) is 9.89 Å². The van der Waals surface area contributed by atoms with Crippen LogP contribution in [0.3, 0.4) is 0 Å². The number of benzene rings is 1. The molecule has 5 nitrogen and oxygen atoms in total. The third-order valence-corrected chi connectivity index (χ3v) is 3.08. The summed E-state index contributed by atoms with van der Waals surface area (Å²) < 4.78 is 0. The van der Waals surface area contributed by atoms with Crippen molar-refractivity contribution in [2.45, 2.75) is 26.8 Å². The Hall–Kier alpha value is -2.30. The Labute approximate surface area is 112 Å². The molecule has 0 bridgehead atoms. The second kappa shape index (κ2) is 5.14. The molecule has 1 amide bonds. The van der Waals surface area contributed by atoms with Crippen molar-refractivity contribution in [1.29, 1.82) is 0 Å². The highest BCUT2D eigenvalue weighted by Gasteiger charge is 2.14. The fourth-order valence-electron chi connectivity index (χ4n) is 2.12. The molecule has 5 heteroatoms. The molecule has 4 N–H and O–H groups in total. The maximum absolute atomic E-state index is 12.0. The number of hydrogen-bond acceptors (Lipinski definition) is 3. The van der Waals surface area contributed by atoms with Gasteiger partial charge < -0.3 is 11.1 Å². The van der Waals surface area contributed by atoms with Gasteiger partial charge in [-0.25, -0.2) is 0 Å². The first kappa shape index (κ1) is 13.1. The zero-order valence-corrected chi connectivity index (χ0v) is 11.3. The molecule has 0 aliphatic heterocycles. The fourth-order valence-corrected chi connectivity index (χ4v) is 2.12. The summed E-state index contributed by atoms with van der Waals surface area (Å²) in [6, 6.07) is 7.63. The van der Waals surface area contributed by atoms with Gasteiger partial charge in [-0.1, -0.05) is 23.8 Å². The quantitative estimate of drug-likeness (QED) is 0.788. The van der Waals surface area contributed by atoms with Gasteiger partial charge in [0.05, 0.1) is 6.04 Å². The zero-order valence-electron chi connectivity index (χ0n) is 11.3. The van der Waals surface area contributed by atoms with Crippen LogP contribution in [-0.2, 0) is 0 Å². The van der Waals surface area contributed by atoms with Crippen molar-refractivity contribution in [1.82, 2.24) is 15.5 Å². The Morgan fingerprint density at radius 1 is 1.37 bits per heavy atom. The molecule has 100 valence electrons. The van der Waals surface area contributed by atoms with E-state index in [4.69, 9.17) is 5.73 Å². The average molecular weight is 258 g/mol. The van der Waals surface area contributed by atoms with E-state index in [1.54, 1.807) is 0 Å². The average Bonchev–Trinajstić information content (AvgIpc) is 2.75. The monoisotopic (exact) mass is 258 g/mol. The number of amides is 1. The summed E-state index contributed by atoms with van der Waals surface area (Å²) in [7, 11) is 0. The molecule has 0 saturated heterocycles. The van der Waals surface area contributed by atoms with Crippen LogP contribution in [0.15, 0.2) is 24.3 Å². The summed E-state index contributed by atoms with van der Waals surface area (Å²) in [6.45, 7) is 6.04. The highest BCUT2D eigenvalue weighted by atomic mass is 16.2. The lowest BCUT2D eigenvalue weighted by molar-refractivity contribution is 0.0935. The van der Waals surface area contributed by atoms with Crippen LogP contribution in [0.5, 0.6) is 0 Å². The molecule has 0 aliphatic carbocycles. The molecule has 0 radical (unpaired) electrons. The highest BCUT2D eigenvalue weighted by molar-refractivity contribution is 5.93. The molecule has 1 unspecified atom stereocenters. The number of rotatable bonds is 3. The predicted molar refractivity (Wildman–Crippen MR) is 74.8 cm³/mol. The van der Waals surface area contributed by atoms with Crippen LogP contribution in [0.1, 0.15) is 40.1 Å². The number of nitrogens with zero attached hydrogens (tertiary/aromatic N) is 1. The SMILES string of the molecule is Cc1ccc(C(C)NC(=O)c2cc(N)n[nH]2)c(C)c1. The van der Waals surface area contributed by atoms with Gasteiger partial charge in [0.2, 0.25) is 0 Å². The number of aromatic amines is 1. The van der Waals surface area contributed by atoms with Crippen LogP contribution < -0.4 is 11.1 Å². The lowest BCUT2D eigenvalue weighted by Crippen LogP contribution is -2.27. The molecule has 2 rings (SSSR count). The molecular formula is C14H18N4O. The van der Waals surface area contributed by atoms with E-state index in [0.29, 0.717) is 11.5 Å². The van der Waals surface area contributed by atoms with Crippen molar-refractivity contribution in [3.63, 3.8) is 0 Å². The molecule has 0 spiro atoms. The first-order valence-electron chi connectivity index (χ1n) is 6.16. The van der Waals surface area contributed by atoms with Gasteiger partial charge in [-0.05, 0) is 31.9 Å². The fraction of sp³-hybridized carbons (Fsp3) is 0.286. The molecule has 0 fully saturated rings. The number of carbonyl (C=O) groups excluding carboxylic acids is 1. The molecule has 1 heterocycles. The summed E-state index contributed by atoms with van der Waals surface area (Å²) in [5.74, 6) is 0.0981. The zero-order chi connectivity index (χ0) is 14.0. The first-order chi connectivity index (χ1) is 8.97. The summed E-state index contributed by atoms with van der Waals surface area (Å²) in [4.78, 5) is 12.0. The van der Waals surface area contributed by atoms with Gasteiger partial charge in [0.15, 0.2) is 0 Å². The number of carbonyl (C=O) groups is 1. The maximum Gasteiger partial charge on any atom is 0.269 e. The van der Waals surface area contributed by atoms with Crippen LogP contribution in [0.2, 0.25) is 0 Å². The minimum atomic E-state index is -0.211. The number of aromatic nitrogens is 2. The van der Waals surface area contributed by atoms with Crippen molar-refractivity contribution >= 4 is 11.7 Å². The van der Waals surface area contributed by atoms with E-state index in [0.717, 1.165) is 11.1 Å². The topological polar surface area (TPSA) is 83.8 Å². The van der Waals surface area contributed by atoms with Gasteiger partial charge in [0.25, 0.3) is 5.91 Å². The molecule has 19 heavy (non-hydrogen) atoms.